The number of pyridine rings is 1. The maximum absolute atomic E-state index is 13.6. The zero-order chi connectivity index (χ0) is 18.2. The number of amides is 1. The van der Waals surface area contributed by atoms with Crippen LogP contribution in [0.1, 0.15) is 23.2 Å². The molecule has 10 heteroatoms. The fraction of sp³-hybridized carbons (Fsp3) is 0.400. The highest BCUT2D eigenvalue weighted by Crippen LogP contribution is 2.51. The third-order valence-corrected chi connectivity index (χ3v) is 3.98. The molecule has 2 unspecified atom stereocenters. The summed E-state index contributed by atoms with van der Waals surface area (Å²) in [6.07, 6.45) is -2.26. The molecule has 1 fully saturated rings. The molecule has 0 aromatic carbocycles. The summed E-state index contributed by atoms with van der Waals surface area (Å²) in [5, 5.41) is 4.01. The summed E-state index contributed by atoms with van der Waals surface area (Å²) in [7, 11) is 0. The van der Waals surface area contributed by atoms with Gasteiger partial charge in [0.05, 0.1) is 18.1 Å². The summed E-state index contributed by atoms with van der Waals surface area (Å²) < 4.78 is 57.4. The van der Waals surface area contributed by atoms with Crippen molar-refractivity contribution >= 4 is 5.91 Å². The summed E-state index contributed by atoms with van der Waals surface area (Å²) in [5.74, 6) is -3.29. The number of carbonyl (C=O) groups excluding carboxylic acids is 1. The molecule has 0 saturated heterocycles. The Labute approximate surface area is 139 Å². The van der Waals surface area contributed by atoms with E-state index in [-0.39, 0.29) is 36.7 Å². The number of halogens is 4. The van der Waals surface area contributed by atoms with Gasteiger partial charge >= 0.3 is 6.18 Å². The lowest BCUT2D eigenvalue weighted by Gasteiger charge is -2.05. The molecular weight excluding hydrogens is 344 g/mol. The molecule has 3 rings (SSSR count). The summed E-state index contributed by atoms with van der Waals surface area (Å²) in [6, 6.07) is 4.03. The molecule has 2 heterocycles. The SMILES string of the molecule is NC(=O)c1ccc(-n2ccc(OCCC3CC3C(F)(F)F)n2)nc1F. The second-order valence-corrected chi connectivity index (χ2v) is 5.75. The number of hydrogen-bond acceptors (Lipinski definition) is 4. The van der Waals surface area contributed by atoms with Gasteiger partial charge in [-0.25, -0.2) is 4.68 Å². The highest BCUT2D eigenvalue weighted by molar-refractivity contribution is 5.92. The van der Waals surface area contributed by atoms with Crippen molar-refractivity contribution in [3.05, 3.63) is 35.9 Å². The molecule has 1 aliphatic carbocycles. The normalized spacial score (nSPS) is 19.7. The first-order chi connectivity index (χ1) is 11.8. The van der Waals surface area contributed by atoms with Crippen LogP contribution in [0.2, 0.25) is 0 Å². The lowest BCUT2D eigenvalue weighted by molar-refractivity contribution is -0.151. The summed E-state index contributed by atoms with van der Waals surface area (Å²) in [6.45, 7) is 0.108. The van der Waals surface area contributed by atoms with Crippen LogP contribution >= 0.6 is 0 Å². The van der Waals surface area contributed by atoms with Gasteiger partial charge in [0.15, 0.2) is 5.82 Å². The van der Waals surface area contributed by atoms with Gasteiger partial charge in [-0.2, -0.15) is 22.5 Å². The first kappa shape index (κ1) is 17.2. The van der Waals surface area contributed by atoms with E-state index in [4.69, 9.17) is 10.5 Å². The van der Waals surface area contributed by atoms with E-state index in [9.17, 15) is 22.4 Å². The van der Waals surface area contributed by atoms with Crippen LogP contribution in [-0.2, 0) is 0 Å². The third kappa shape index (κ3) is 3.89. The number of nitrogens with zero attached hydrogens (tertiary/aromatic N) is 3. The molecule has 0 aliphatic heterocycles. The maximum Gasteiger partial charge on any atom is 0.392 e. The van der Waals surface area contributed by atoms with Gasteiger partial charge < -0.3 is 10.5 Å². The van der Waals surface area contributed by atoms with Crippen LogP contribution in [0.15, 0.2) is 24.4 Å². The van der Waals surface area contributed by atoms with Crippen LogP contribution in [-0.4, -0.2) is 33.5 Å². The summed E-state index contributed by atoms with van der Waals surface area (Å²) >= 11 is 0. The Kier molecular flexibility index (Phi) is 4.36. The fourth-order valence-corrected chi connectivity index (χ4v) is 2.53. The average Bonchev–Trinajstić information content (AvgIpc) is 3.16. The molecule has 25 heavy (non-hydrogen) atoms. The first-order valence-electron chi connectivity index (χ1n) is 7.47. The average molecular weight is 358 g/mol. The highest BCUT2D eigenvalue weighted by Gasteiger charge is 2.55. The molecule has 0 bridgehead atoms. The van der Waals surface area contributed by atoms with E-state index in [0.717, 1.165) is 0 Å². The van der Waals surface area contributed by atoms with E-state index in [1.807, 2.05) is 0 Å². The third-order valence-electron chi connectivity index (χ3n) is 3.98. The van der Waals surface area contributed by atoms with Crippen LogP contribution in [0.3, 0.4) is 0 Å². The van der Waals surface area contributed by atoms with E-state index >= 15 is 0 Å². The quantitative estimate of drug-likeness (QED) is 0.635. The minimum atomic E-state index is -4.14. The monoisotopic (exact) mass is 358 g/mol. The fourth-order valence-electron chi connectivity index (χ4n) is 2.53. The minimum absolute atomic E-state index is 0.108. The second-order valence-electron chi connectivity index (χ2n) is 5.75. The molecule has 1 aliphatic rings. The van der Waals surface area contributed by atoms with E-state index < -0.39 is 29.9 Å². The predicted octanol–water partition coefficient (Wildman–Crippen LogP) is 2.47. The molecule has 0 radical (unpaired) electrons. The number of nitrogens with two attached hydrogens (primary N) is 1. The first-order valence-corrected chi connectivity index (χ1v) is 7.47. The van der Waals surface area contributed by atoms with Crippen molar-refractivity contribution in [1.29, 1.82) is 0 Å². The van der Waals surface area contributed by atoms with Gasteiger partial charge in [-0.3, -0.25) is 4.79 Å². The van der Waals surface area contributed by atoms with Crippen molar-refractivity contribution in [2.45, 2.75) is 19.0 Å². The van der Waals surface area contributed by atoms with E-state index in [2.05, 4.69) is 10.1 Å². The molecular formula is C15H14F4N4O2. The van der Waals surface area contributed by atoms with Crippen LogP contribution in [0.25, 0.3) is 5.82 Å². The van der Waals surface area contributed by atoms with Gasteiger partial charge in [0.1, 0.15) is 0 Å². The Bertz CT molecular complexity index is 790. The topological polar surface area (TPSA) is 83.0 Å². The van der Waals surface area contributed by atoms with Crippen LogP contribution < -0.4 is 10.5 Å². The lowest BCUT2D eigenvalue weighted by atomic mass is 10.2. The maximum atomic E-state index is 13.6. The number of primary amides is 1. The molecule has 1 amide bonds. The van der Waals surface area contributed by atoms with Gasteiger partial charge in [-0.1, -0.05) is 0 Å². The zero-order valence-electron chi connectivity index (χ0n) is 12.8. The Hall–Kier alpha value is -2.65. The van der Waals surface area contributed by atoms with Crippen LogP contribution in [0, 0.1) is 17.8 Å². The van der Waals surface area contributed by atoms with Crippen molar-refractivity contribution in [2.24, 2.45) is 17.6 Å². The van der Waals surface area contributed by atoms with E-state index in [1.165, 1.54) is 29.1 Å². The van der Waals surface area contributed by atoms with Gasteiger partial charge in [-0.15, -0.1) is 5.10 Å². The van der Waals surface area contributed by atoms with Crippen LogP contribution in [0.4, 0.5) is 17.6 Å². The van der Waals surface area contributed by atoms with Crippen molar-refractivity contribution in [1.82, 2.24) is 14.8 Å². The lowest BCUT2D eigenvalue weighted by Crippen LogP contribution is -2.15. The molecule has 2 aromatic heterocycles. The Morgan fingerprint density at radius 2 is 2.12 bits per heavy atom. The van der Waals surface area contributed by atoms with Crippen LogP contribution in [0.5, 0.6) is 5.88 Å². The number of ether oxygens (including phenoxy) is 1. The highest BCUT2D eigenvalue weighted by atomic mass is 19.4. The number of aromatic nitrogens is 3. The Morgan fingerprint density at radius 1 is 1.36 bits per heavy atom. The number of hydrogen-bond donors (Lipinski definition) is 1. The predicted molar refractivity (Wildman–Crippen MR) is 77.6 cm³/mol. The minimum Gasteiger partial charge on any atom is -0.477 e. The molecule has 2 aromatic rings. The summed E-state index contributed by atoms with van der Waals surface area (Å²) in [5.41, 5.74) is 4.66. The molecule has 134 valence electrons. The number of carbonyl (C=O) groups is 1. The molecule has 1 saturated carbocycles. The van der Waals surface area contributed by atoms with Crippen molar-refractivity contribution in [3.8, 4) is 11.7 Å². The zero-order valence-corrected chi connectivity index (χ0v) is 12.8. The Balaban J connectivity index is 1.56. The second kappa shape index (κ2) is 6.34. The van der Waals surface area contributed by atoms with Gasteiger partial charge in [0.25, 0.3) is 5.91 Å². The number of rotatable bonds is 6. The van der Waals surface area contributed by atoms with Crippen molar-refractivity contribution < 1.29 is 27.1 Å². The molecule has 2 atom stereocenters. The number of alkyl halides is 3. The molecule has 2 N–H and O–H groups in total. The van der Waals surface area contributed by atoms with E-state index in [1.54, 1.807) is 0 Å². The molecule has 0 spiro atoms. The Morgan fingerprint density at radius 3 is 2.72 bits per heavy atom. The summed E-state index contributed by atoms with van der Waals surface area (Å²) in [4.78, 5) is 14.6. The van der Waals surface area contributed by atoms with Crippen molar-refractivity contribution in [3.63, 3.8) is 0 Å². The van der Waals surface area contributed by atoms with Gasteiger partial charge in [-0.05, 0) is 30.9 Å². The van der Waals surface area contributed by atoms with Gasteiger partial charge in [0, 0.05) is 12.3 Å². The van der Waals surface area contributed by atoms with Crippen molar-refractivity contribution in [2.75, 3.05) is 6.61 Å². The largest absolute Gasteiger partial charge is 0.477 e. The standard InChI is InChI=1S/C15H14F4N4O2/c16-13-9(14(20)24)1-2-11(21-13)23-5-3-12(22-23)25-6-4-8-7-10(8)15(17,18)19/h1-3,5,8,10H,4,6-7H2,(H2,20,24). The van der Waals surface area contributed by atoms with E-state index in [0.29, 0.717) is 0 Å². The molecule has 6 nitrogen and oxygen atoms in total. The smallest absolute Gasteiger partial charge is 0.392 e. The van der Waals surface area contributed by atoms with Gasteiger partial charge in [0.2, 0.25) is 11.8 Å².